The summed E-state index contributed by atoms with van der Waals surface area (Å²) in [6, 6.07) is 8.28. The number of benzene rings is 1. The first-order valence-corrected chi connectivity index (χ1v) is 10.1. The van der Waals surface area contributed by atoms with E-state index in [-0.39, 0.29) is 24.0 Å². The Kier molecular flexibility index (Phi) is 4.63. The molecular weight excluding hydrogens is 368 g/mol. The Hall–Kier alpha value is -2.78. The van der Waals surface area contributed by atoms with E-state index in [4.69, 9.17) is 4.74 Å². The Bertz CT molecular complexity index is 1070. The predicted octanol–water partition coefficient (Wildman–Crippen LogP) is 1.45. The summed E-state index contributed by atoms with van der Waals surface area (Å²) in [6.45, 7) is 1.01. The van der Waals surface area contributed by atoms with E-state index in [1.54, 1.807) is 36.5 Å². The molecule has 9 heteroatoms. The molecule has 1 aliphatic heterocycles. The number of nitrogens with zero attached hydrogens (tertiary/aromatic N) is 2. The predicted molar refractivity (Wildman–Crippen MR) is 97.9 cm³/mol. The van der Waals surface area contributed by atoms with Crippen LogP contribution in [0.15, 0.2) is 47.6 Å². The lowest BCUT2D eigenvalue weighted by Gasteiger charge is -2.11. The number of sulfone groups is 1. The number of aromatic amines is 1. The van der Waals surface area contributed by atoms with Gasteiger partial charge < -0.3 is 10.1 Å². The van der Waals surface area contributed by atoms with Gasteiger partial charge in [-0.05, 0) is 30.2 Å². The molecule has 0 radical (unpaired) electrons. The molecule has 0 bridgehead atoms. The number of H-pyrrole nitrogens is 1. The van der Waals surface area contributed by atoms with Gasteiger partial charge in [-0.1, -0.05) is 12.1 Å². The van der Waals surface area contributed by atoms with Crippen LogP contribution in [0.5, 0.6) is 0 Å². The minimum atomic E-state index is -3.37. The third kappa shape index (κ3) is 3.56. The second-order valence-corrected chi connectivity index (χ2v) is 8.62. The Morgan fingerprint density at radius 3 is 2.81 bits per heavy atom. The maximum Gasteiger partial charge on any atom is 0.253 e. The van der Waals surface area contributed by atoms with Gasteiger partial charge in [0.05, 0.1) is 28.5 Å². The number of aromatic nitrogens is 3. The van der Waals surface area contributed by atoms with Crippen molar-refractivity contribution in [3.63, 3.8) is 0 Å². The maximum absolute atomic E-state index is 12.5. The Labute approximate surface area is 155 Å². The number of carbonyl (C=O) groups excluding carboxylic acids is 1. The first-order valence-electron chi connectivity index (χ1n) is 8.52. The summed E-state index contributed by atoms with van der Waals surface area (Å²) in [6.07, 6.45) is 3.61. The number of rotatable bonds is 5. The van der Waals surface area contributed by atoms with Gasteiger partial charge in [-0.2, -0.15) is 5.10 Å². The Balaban J connectivity index is 1.41. The van der Waals surface area contributed by atoms with Crippen LogP contribution in [0.4, 0.5) is 0 Å². The van der Waals surface area contributed by atoms with Crippen molar-refractivity contribution in [3.8, 4) is 0 Å². The van der Waals surface area contributed by atoms with E-state index >= 15 is 0 Å². The molecule has 3 heterocycles. The molecule has 2 aromatic heterocycles. The van der Waals surface area contributed by atoms with Crippen LogP contribution in [0.25, 0.3) is 11.0 Å². The molecule has 0 unspecified atom stereocenters. The summed E-state index contributed by atoms with van der Waals surface area (Å²) in [7, 11) is -3.37. The molecule has 0 saturated carbocycles. The van der Waals surface area contributed by atoms with Crippen LogP contribution in [0.3, 0.4) is 0 Å². The first-order chi connectivity index (χ1) is 13.0. The van der Waals surface area contributed by atoms with Crippen LogP contribution in [0, 0.1) is 0 Å². The van der Waals surface area contributed by atoms with Gasteiger partial charge in [0.1, 0.15) is 0 Å². The van der Waals surface area contributed by atoms with Crippen LogP contribution in [0.2, 0.25) is 0 Å². The first kappa shape index (κ1) is 17.6. The molecule has 27 heavy (non-hydrogen) atoms. The fraction of sp³-hybridized carbons (Fsp3) is 0.278. The van der Waals surface area contributed by atoms with Crippen molar-refractivity contribution in [3.05, 3.63) is 53.9 Å². The number of carbonyl (C=O) groups is 1. The summed E-state index contributed by atoms with van der Waals surface area (Å²) >= 11 is 0. The van der Waals surface area contributed by atoms with E-state index in [1.165, 1.54) is 6.20 Å². The van der Waals surface area contributed by atoms with E-state index in [0.717, 1.165) is 10.9 Å². The summed E-state index contributed by atoms with van der Waals surface area (Å²) in [4.78, 5) is 16.7. The number of ether oxygens (including phenoxy) is 1. The summed E-state index contributed by atoms with van der Waals surface area (Å²) < 4.78 is 30.2. The molecule has 3 aromatic rings. The Morgan fingerprint density at radius 1 is 1.26 bits per heavy atom. The zero-order chi connectivity index (χ0) is 18.9. The van der Waals surface area contributed by atoms with Gasteiger partial charge in [-0.3, -0.25) is 9.89 Å². The number of amides is 1. The summed E-state index contributed by atoms with van der Waals surface area (Å²) in [5.41, 5.74) is 1.86. The number of fused-ring (bicyclic) bond motifs is 1. The molecule has 140 valence electrons. The van der Waals surface area contributed by atoms with Crippen LogP contribution in [0.1, 0.15) is 22.3 Å². The summed E-state index contributed by atoms with van der Waals surface area (Å²) in [5, 5.41) is 9.69. The van der Waals surface area contributed by atoms with Crippen molar-refractivity contribution >= 4 is 26.8 Å². The lowest BCUT2D eigenvalue weighted by molar-refractivity contribution is 0.0950. The maximum atomic E-state index is 12.5. The number of hydrogen-bond donors (Lipinski definition) is 2. The van der Waals surface area contributed by atoms with Gasteiger partial charge in [-0.15, -0.1) is 0 Å². The van der Waals surface area contributed by atoms with Gasteiger partial charge in [0.2, 0.25) is 0 Å². The summed E-state index contributed by atoms with van der Waals surface area (Å²) in [5.74, 6) is -0.259. The van der Waals surface area contributed by atoms with Gasteiger partial charge >= 0.3 is 0 Å². The topological polar surface area (TPSA) is 114 Å². The molecule has 1 amide bonds. The highest BCUT2D eigenvalue weighted by atomic mass is 32.2. The highest BCUT2D eigenvalue weighted by Crippen LogP contribution is 2.22. The van der Waals surface area contributed by atoms with Crippen molar-refractivity contribution in [2.75, 3.05) is 13.2 Å². The van der Waals surface area contributed by atoms with E-state index < -0.39 is 15.1 Å². The highest BCUT2D eigenvalue weighted by molar-refractivity contribution is 7.92. The van der Waals surface area contributed by atoms with E-state index in [2.05, 4.69) is 20.5 Å². The number of hydrogen-bond acceptors (Lipinski definition) is 6. The van der Waals surface area contributed by atoms with Crippen molar-refractivity contribution in [2.45, 2.75) is 23.1 Å². The van der Waals surface area contributed by atoms with Crippen LogP contribution >= 0.6 is 0 Å². The average molecular weight is 386 g/mol. The Morgan fingerprint density at radius 2 is 2.07 bits per heavy atom. The van der Waals surface area contributed by atoms with Crippen molar-refractivity contribution in [1.82, 2.24) is 20.5 Å². The zero-order valence-electron chi connectivity index (χ0n) is 14.4. The van der Waals surface area contributed by atoms with Gasteiger partial charge in [0.25, 0.3) is 5.91 Å². The molecular formula is C18H18N4O4S. The van der Waals surface area contributed by atoms with Crippen molar-refractivity contribution in [1.29, 1.82) is 0 Å². The molecule has 1 atom stereocenters. The smallest absolute Gasteiger partial charge is 0.253 e. The third-order valence-electron chi connectivity index (χ3n) is 4.59. The average Bonchev–Trinajstić information content (AvgIpc) is 3.37. The van der Waals surface area contributed by atoms with E-state index in [0.29, 0.717) is 24.2 Å². The van der Waals surface area contributed by atoms with Gasteiger partial charge in [0.15, 0.2) is 15.5 Å². The van der Waals surface area contributed by atoms with Crippen LogP contribution in [-0.2, 0) is 21.1 Å². The van der Waals surface area contributed by atoms with Crippen LogP contribution < -0.4 is 5.32 Å². The quantitative estimate of drug-likeness (QED) is 0.686. The molecule has 8 nitrogen and oxygen atoms in total. The minimum Gasteiger partial charge on any atom is -0.380 e. The highest BCUT2D eigenvalue weighted by Gasteiger charge is 2.30. The molecule has 4 rings (SSSR count). The SMILES string of the molecule is O=C(NCc1ccc(S(=O)(=O)[C@@H]2CCOC2)cc1)c1cnc2[nH]ncc2c1. The standard InChI is InChI=1S/C18H18N4O4S/c23-18(14-7-13-10-21-22-17(13)19-9-14)20-8-12-1-3-15(4-2-12)27(24,25)16-5-6-26-11-16/h1-4,7,9-10,16H,5-6,8,11H2,(H,20,23)(H,19,21,22)/t16-/m1/s1. The second kappa shape index (κ2) is 7.09. The monoisotopic (exact) mass is 386 g/mol. The second-order valence-electron chi connectivity index (χ2n) is 6.39. The van der Waals surface area contributed by atoms with Gasteiger partial charge in [0, 0.05) is 24.7 Å². The van der Waals surface area contributed by atoms with E-state index in [1.807, 2.05) is 0 Å². The number of pyridine rings is 1. The third-order valence-corrected chi connectivity index (χ3v) is 6.76. The molecule has 2 N–H and O–H groups in total. The molecule has 1 aliphatic rings. The van der Waals surface area contributed by atoms with Crippen molar-refractivity contribution in [2.24, 2.45) is 0 Å². The number of nitrogens with one attached hydrogen (secondary N) is 2. The molecule has 1 aromatic carbocycles. The van der Waals surface area contributed by atoms with E-state index in [9.17, 15) is 13.2 Å². The fourth-order valence-electron chi connectivity index (χ4n) is 2.99. The zero-order valence-corrected chi connectivity index (χ0v) is 15.2. The normalized spacial score (nSPS) is 17.3. The molecule has 0 aliphatic carbocycles. The lowest BCUT2D eigenvalue weighted by Crippen LogP contribution is -2.23. The van der Waals surface area contributed by atoms with Crippen LogP contribution in [-0.4, -0.2) is 48.0 Å². The molecule has 1 saturated heterocycles. The van der Waals surface area contributed by atoms with Crippen molar-refractivity contribution < 1.29 is 17.9 Å². The minimum absolute atomic E-state index is 0.245. The molecule has 1 fully saturated rings. The van der Waals surface area contributed by atoms with Gasteiger partial charge in [-0.25, -0.2) is 13.4 Å². The largest absolute Gasteiger partial charge is 0.380 e. The fourth-order valence-corrected chi connectivity index (χ4v) is 4.57. The lowest BCUT2D eigenvalue weighted by atomic mass is 10.2. The molecule has 0 spiro atoms.